The van der Waals surface area contributed by atoms with Gasteiger partial charge in [-0.25, -0.2) is 0 Å². The molecule has 0 aliphatic rings. The third-order valence-corrected chi connectivity index (χ3v) is 3.00. The number of rotatable bonds is 7. The van der Waals surface area contributed by atoms with Gasteiger partial charge in [0.05, 0.1) is 19.6 Å². The van der Waals surface area contributed by atoms with Gasteiger partial charge in [0.2, 0.25) is 5.91 Å². The number of amides is 1. The molecule has 20 heavy (non-hydrogen) atoms. The minimum absolute atomic E-state index is 0. The second-order valence-corrected chi connectivity index (χ2v) is 4.40. The zero-order valence-corrected chi connectivity index (χ0v) is 13.0. The van der Waals surface area contributed by atoms with Gasteiger partial charge in [-0.2, -0.15) is 0 Å². The molecule has 1 unspecified atom stereocenters. The molecule has 0 aromatic heterocycles. The van der Waals surface area contributed by atoms with Crippen molar-refractivity contribution >= 4 is 18.3 Å². The van der Waals surface area contributed by atoms with Crippen molar-refractivity contribution in [1.29, 1.82) is 0 Å². The summed E-state index contributed by atoms with van der Waals surface area (Å²) in [5, 5.41) is 0. The van der Waals surface area contributed by atoms with Gasteiger partial charge in [0.1, 0.15) is 5.75 Å². The minimum atomic E-state index is -0.217. The average molecular weight is 303 g/mol. The molecule has 1 amide bonds. The van der Waals surface area contributed by atoms with Gasteiger partial charge in [0, 0.05) is 27.2 Å². The van der Waals surface area contributed by atoms with Gasteiger partial charge in [0.15, 0.2) is 0 Å². The number of nitrogens with zero attached hydrogens (tertiary/aromatic N) is 1. The fraction of sp³-hybridized carbons (Fsp3) is 0.500. The number of carbonyl (C=O) groups is 1. The van der Waals surface area contributed by atoms with Crippen molar-refractivity contribution in [1.82, 2.24) is 4.90 Å². The van der Waals surface area contributed by atoms with E-state index in [-0.39, 0.29) is 24.4 Å². The Morgan fingerprint density at radius 3 is 2.35 bits per heavy atom. The third-order valence-electron chi connectivity index (χ3n) is 3.00. The van der Waals surface area contributed by atoms with Crippen LogP contribution in [-0.4, -0.2) is 44.7 Å². The second-order valence-electron chi connectivity index (χ2n) is 4.40. The van der Waals surface area contributed by atoms with Crippen LogP contribution in [0.5, 0.6) is 5.75 Å². The van der Waals surface area contributed by atoms with Gasteiger partial charge >= 0.3 is 0 Å². The van der Waals surface area contributed by atoms with E-state index >= 15 is 0 Å². The van der Waals surface area contributed by atoms with E-state index in [1.807, 2.05) is 24.3 Å². The van der Waals surface area contributed by atoms with Gasteiger partial charge in [-0.3, -0.25) is 4.79 Å². The van der Waals surface area contributed by atoms with Crippen molar-refractivity contribution in [2.24, 2.45) is 5.73 Å². The Hall–Kier alpha value is -1.30. The van der Waals surface area contributed by atoms with Crippen molar-refractivity contribution in [3.63, 3.8) is 0 Å². The molecule has 1 aromatic carbocycles. The van der Waals surface area contributed by atoms with Crippen molar-refractivity contribution in [3.8, 4) is 5.75 Å². The molecular formula is C14H23ClN2O3. The molecule has 1 rings (SSSR count). The molecule has 2 N–H and O–H groups in total. The Morgan fingerprint density at radius 1 is 1.30 bits per heavy atom. The minimum Gasteiger partial charge on any atom is -0.497 e. The molecule has 0 aliphatic carbocycles. The Balaban J connectivity index is 0.00000361. The molecule has 114 valence electrons. The summed E-state index contributed by atoms with van der Waals surface area (Å²) in [5.41, 5.74) is 6.56. The molecule has 0 saturated carbocycles. The molecule has 0 heterocycles. The number of benzene rings is 1. The van der Waals surface area contributed by atoms with Crippen LogP contribution >= 0.6 is 12.4 Å². The van der Waals surface area contributed by atoms with E-state index in [0.717, 1.165) is 11.3 Å². The zero-order valence-electron chi connectivity index (χ0n) is 12.2. The van der Waals surface area contributed by atoms with Crippen LogP contribution in [-0.2, 0) is 16.1 Å². The van der Waals surface area contributed by atoms with Gasteiger partial charge in [0.25, 0.3) is 0 Å². The normalized spacial score (nSPS) is 11.4. The fourth-order valence-electron chi connectivity index (χ4n) is 1.71. The molecule has 0 bridgehead atoms. The highest BCUT2D eigenvalue weighted by Crippen LogP contribution is 2.13. The topological polar surface area (TPSA) is 64.8 Å². The predicted molar refractivity (Wildman–Crippen MR) is 81.2 cm³/mol. The Kier molecular flexibility index (Phi) is 8.96. The lowest BCUT2D eigenvalue weighted by atomic mass is 10.2. The predicted octanol–water partition coefficient (Wildman–Crippen LogP) is 1.44. The molecular weight excluding hydrogens is 280 g/mol. The quantitative estimate of drug-likeness (QED) is 0.828. The van der Waals surface area contributed by atoms with Crippen LogP contribution in [0, 0.1) is 0 Å². The maximum Gasteiger partial charge on any atom is 0.225 e. The number of methoxy groups -OCH3 is 2. The Labute approximate surface area is 126 Å². The molecule has 0 saturated heterocycles. The summed E-state index contributed by atoms with van der Waals surface area (Å²) < 4.78 is 10.2. The first-order valence-corrected chi connectivity index (χ1v) is 6.20. The number of carbonyl (C=O) groups excluding carboxylic acids is 1. The third kappa shape index (κ3) is 5.77. The van der Waals surface area contributed by atoms with Gasteiger partial charge in [-0.05, 0) is 17.7 Å². The summed E-state index contributed by atoms with van der Waals surface area (Å²) in [6, 6.07) is 7.65. The van der Waals surface area contributed by atoms with Crippen LogP contribution in [0.1, 0.15) is 12.0 Å². The maximum absolute atomic E-state index is 12.0. The molecule has 1 atom stereocenters. The molecule has 0 fully saturated rings. The summed E-state index contributed by atoms with van der Waals surface area (Å²) in [6.07, 6.45) is 0.0884. The maximum atomic E-state index is 12.0. The smallest absolute Gasteiger partial charge is 0.225 e. The van der Waals surface area contributed by atoms with Crippen molar-refractivity contribution in [3.05, 3.63) is 29.8 Å². The van der Waals surface area contributed by atoms with Gasteiger partial charge < -0.3 is 20.1 Å². The SMILES string of the molecule is COc1ccc(CN(C)C(=O)CC(CN)OC)cc1.Cl. The highest BCUT2D eigenvalue weighted by molar-refractivity contribution is 5.85. The number of halogens is 1. The first-order chi connectivity index (χ1) is 9.10. The Morgan fingerprint density at radius 2 is 1.90 bits per heavy atom. The standard InChI is InChI=1S/C14H22N2O3.ClH/c1-16(14(17)8-13(9-15)19-3)10-11-4-6-12(18-2)7-5-11;/h4-7,13H,8-10,15H2,1-3H3;1H. The second kappa shape index (κ2) is 9.58. The molecule has 6 heteroatoms. The number of ether oxygens (including phenoxy) is 2. The lowest BCUT2D eigenvalue weighted by molar-refractivity contribution is -0.132. The van der Waals surface area contributed by atoms with E-state index in [0.29, 0.717) is 19.5 Å². The van der Waals surface area contributed by atoms with Crippen molar-refractivity contribution in [2.45, 2.75) is 19.1 Å². The van der Waals surface area contributed by atoms with Crippen LogP contribution in [0.25, 0.3) is 0 Å². The number of nitrogens with two attached hydrogens (primary N) is 1. The van der Waals surface area contributed by atoms with Crippen LogP contribution in [0.2, 0.25) is 0 Å². The molecule has 0 aliphatic heterocycles. The summed E-state index contributed by atoms with van der Waals surface area (Å²) in [7, 11) is 4.96. The molecule has 0 spiro atoms. The Bertz CT molecular complexity index is 394. The summed E-state index contributed by atoms with van der Waals surface area (Å²) >= 11 is 0. The lowest BCUT2D eigenvalue weighted by Crippen LogP contribution is -2.33. The average Bonchev–Trinajstić information content (AvgIpc) is 2.45. The van der Waals surface area contributed by atoms with Crippen molar-refractivity contribution < 1.29 is 14.3 Å². The van der Waals surface area contributed by atoms with E-state index in [4.69, 9.17) is 15.2 Å². The first kappa shape index (κ1) is 18.7. The van der Waals surface area contributed by atoms with Gasteiger partial charge in [-0.15, -0.1) is 12.4 Å². The molecule has 5 nitrogen and oxygen atoms in total. The monoisotopic (exact) mass is 302 g/mol. The summed E-state index contributed by atoms with van der Waals surface area (Å²) in [4.78, 5) is 13.6. The largest absolute Gasteiger partial charge is 0.497 e. The first-order valence-electron chi connectivity index (χ1n) is 6.20. The van der Waals surface area contributed by atoms with E-state index in [9.17, 15) is 4.79 Å². The zero-order chi connectivity index (χ0) is 14.3. The van der Waals surface area contributed by atoms with E-state index in [1.54, 1.807) is 26.2 Å². The number of hydrogen-bond donors (Lipinski definition) is 1. The van der Waals surface area contributed by atoms with Crippen molar-refractivity contribution in [2.75, 3.05) is 27.8 Å². The lowest BCUT2D eigenvalue weighted by Gasteiger charge is -2.20. The fourth-order valence-corrected chi connectivity index (χ4v) is 1.71. The highest BCUT2D eigenvalue weighted by atomic mass is 35.5. The number of hydrogen-bond acceptors (Lipinski definition) is 4. The van der Waals surface area contributed by atoms with E-state index in [2.05, 4.69) is 0 Å². The summed E-state index contributed by atoms with van der Waals surface area (Å²) in [6.45, 7) is 0.905. The highest BCUT2D eigenvalue weighted by Gasteiger charge is 2.15. The molecule has 1 aromatic rings. The van der Waals surface area contributed by atoms with Crippen LogP contribution < -0.4 is 10.5 Å². The summed E-state index contributed by atoms with van der Waals surface area (Å²) in [5.74, 6) is 0.827. The van der Waals surface area contributed by atoms with Crippen LogP contribution in [0.3, 0.4) is 0 Å². The van der Waals surface area contributed by atoms with Crippen LogP contribution in [0.4, 0.5) is 0 Å². The van der Waals surface area contributed by atoms with E-state index < -0.39 is 0 Å². The van der Waals surface area contributed by atoms with E-state index in [1.165, 1.54) is 0 Å². The van der Waals surface area contributed by atoms with Crippen LogP contribution in [0.15, 0.2) is 24.3 Å². The van der Waals surface area contributed by atoms with Gasteiger partial charge in [-0.1, -0.05) is 12.1 Å². The molecule has 0 radical (unpaired) electrons.